The highest BCUT2D eigenvalue weighted by Gasteiger charge is 2.25. The molecule has 156 valence electrons. The van der Waals surface area contributed by atoms with Crippen molar-refractivity contribution in [2.24, 2.45) is 5.92 Å². The van der Waals surface area contributed by atoms with E-state index in [2.05, 4.69) is 35.4 Å². The van der Waals surface area contributed by atoms with Gasteiger partial charge in [-0.25, -0.2) is 0 Å². The number of piperazine rings is 1. The van der Waals surface area contributed by atoms with Gasteiger partial charge in [0.1, 0.15) is 13.2 Å². The highest BCUT2D eigenvalue weighted by Crippen LogP contribution is 2.37. The molecule has 0 spiro atoms. The summed E-state index contributed by atoms with van der Waals surface area (Å²) in [7, 11) is 0. The Kier molecular flexibility index (Phi) is 5.09. The van der Waals surface area contributed by atoms with Gasteiger partial charge < -0.3 is 19.7 Å². The molecule has 0 aromatic heterocycles. The van der Waals surface area contributed by atoms with Crippen LogP contribution in [0.15, 0.2) is 60.1 Å². The maximum Gasteiger partial charge on any atom is 0.255 e. The number of amides is 1. The van der Waals surface area contributed by atoms with Crippen LogP contribution in [0.4, 0.5) is 0 Å². The summed E-state index contributed by atoms with van der Waals surface area (Å²) in [6, 6.07) is 5.95. The predicted octanol–water partition coefficient (Wildman–Crippen LogP) is 2.91. The smallest absolute Gasteiger partial charge is 0.255 e. The van der Waals surface area contributed by atoms with Crippen LogP contribution in [0, 0.1) is 5.92 Å². The zero-order valence-corrected chi connectivity index (χ0v) is 17.3. The molecule has 0 saturated carbocycles. The van der Waals surface area contributed by atoms with E-state index < -0.39 is 0 Å². The van der Waals surface area contributed by atoms with Crippen LogP contribution in [-0.2, 0) is 4.79 Å². The zero-order valence-electron chi connectivity index (χ0n) is 17.3. The maximum atomic E-state index is 13.3. The van der Waals surface area contributed by atoms with Crippen LogP contribution in [-0.4, -0.2) is 55.1 Å². The van der Waals surface area contributed by atoms with Gasteiger partial charge in [0, 0.05) is 44.2 Å². The summed E-state index contributed by atoms with van der Waals surface area (Å²) in [6.07, 6.45) is 11.0. The van der Waals surface area contributed by atoms with E-state index in [1.165, 1.54) is 0 Å². The van der Waals surface area contributed by atoms with E-state index in [4.69, 9.17) is 9.47 Å². The van der Waals surface area contributed by atoms with Gasteiger partial charge in [-0.1, -0.05) is 19.1 Å². The van der Waals surface area contributed by atoms with E-state index in [-0.39, 0.29) is 11.8 Å². The molecule has 4 aliphatic heterocycles. The van der Waals surface area contributed by atoms with Gasteiger partial charge in [0.05, 0.1) is 5.70 Å². The fourth-order valence-corrected chi connectivity index (χ4v) is 4.33. The van der Waals surface area contributed by atoms with Crippen LogP contribution in [0.1, 0.15) is 18.9 Å². The van der Waals surface area contributed by atoms with E-state index in [0.29, 0.717) is 13.2 Å². The van der Waals surface area contributed by atoms with Crippen molar-refractivity contribution in [1.29, 1.82) is 0 Å². The molecule has 1 N–H and O–H groups in total. The summed E-state index contributed by atoms with van der Waals surface area (Å²) < 4.78 is 11.4. The number of hydrogen-bond acceptors (Lipinski definition) is 5. The van der Waals surface area contributed by atoms with Gasteiger partial charge in [-0.2, -0.15) is 0 Å². The standard InChI is InChI=1S/C24H27N3O3/c1-17-2-4-19-5-6-20(26-10-8-25-9-11-26)16-27(19)24(28)15-21(17)18-3-7-22-23(14-18)30-13-12-29-22/h3-7,14-17,25H,2,8-13H2,1H3. The summed E-state index contributed by atoms with van der Waals surface area (Å²) in [4.78, 5) is 17.4. The summed E-state index contributed by atoms with van der Waals surface area (Å²) >= 11 is 0. The molecular formula is C24H27N3O3. The average molecular weight is 405 g/mol. The number of ether oxygens (including phenoxy) is 2. The molecule has 6 heteroatoms. The summed E-state index contributed by atoms with van der Waals surface area (Å²) in [5, 5.41) is 3.37. The van der Waals surface area contributed by atoms with E-state index in [1.54, 1.807) is 11.0 Å². The van der Waals surface area contributed by atoms with Crippen LogP contribution in [0.5, 0.6) is 11.5 Å². The molecule has 1 aromatic rings. The SMILES string of the molecule is CC1CC=C2C=CC(N3CCNCC3)=CN2C(=O)C=C1c1ccc2c(c1)OCCO2. The van der Waals surface area contributed by atoms with Crippen molar-refractivity contribution in [3.8, 4) is 11.5 Å². The molecule has 1 atom stereocenters. The Morgan fingerprint density at radius 1 is 1.03 bits per heavy atom. The van der Waals surface area contributed by atoms with Crippen molar-refractivity contribution in [3.63, 3.8) is 0 Å². The van der Waals surface area contributed by atoms with Gasteiger partial charge in [-0.05, 0) is 47.8 Å². The summed E-state index contributed by atoms with van der Waals surface area (Å²) in [5.41, 5.74) is 4.07. The second-order valence-electron chi connectivity index (χ2n) is 8.06. The minimum absolute atomic E-state index is 0.0188. The van der Waals surface area contributed by atoms with E-state index >= 15 is 0 Å². The molecule has 6 nitrogen and oxygen atoms in total. The highest BCUT2D eigenvalue weighted by molar-refractivity contribution is 5.98. The molecular weight excluding hydrogens is 378 g/mol. The summed E-state index contributed by atoms with van der Waals surface area (Å²) in [5.74, 6) is 1.72. The zero-order chi connectivity index (χ0) is 20.5. The fraction of sp³-hybridized carbons (Fsp3) is 0.375. The molecule has 1 saturated heterocycles. The number of hydrogen-bond donors (Lipinski definition) is 1. The van der Waals surface area contributed by atoms with Crippen molar-refractivity contribution in [2.45, 2.75) is 13.3 Å². The van der Waals surface area contributed by atoms with Crippen molar-refractivity contribution in [2.75, 3.05) is 39.4 Å². The number of nitrogens with zero attached hydrogens (tertiary/aromatic N) is 2. The molecule has 1 amide bonds. The molecule has 0 radical (unpaired) electrons. The first-order valence-electron chi connectivity index (χ1n) is 10.7. The van der Waals surface area contributed by atoms with E-state index in [9.17, 15) is 4.79 Å². The number of rotatable bonds is 2. The first-order chi connectivity index (χ1) is 14.7. The van der Waals surface area contributed by atoms with Crippen LogP contribution < -0.4 is 14.8 Å². The first-order valence-corrected chi connectivity index (χ1v) is 10.7. The Morgan fingerprint density at radius 2 is 1.80 bits per heavy atom. The lowest BCUT2D eigenvalue weighted by atomic mass is 9.89. The van der Waals surface area contributed by atoms with E-state index in [0.717, 1.165) is 66.6 Å². The van der Waals surface area contributed by atoms with Gasteiger partial charge in [-0.3, -0.25) is 9.69 Å². The molecule has 1 unspecified atom stereocenters. The third kappa shape index (κ3) is 3.63. The molecule has 4 heterocycles. The van der Waals surface area contributed by atoms with Gasteiger partial charge in [0.15, 0.2) is 11.5 Å². The largest absolute Gasteiger partial charge is 0.486 e. The third-order valence-corrected chi connectivity index (χ3v) is 6.05. The highest BCUT2D eigenvalue weighted by atomic mass is 16.6. The molecule has 30 heavy (non-hydrogen) atoms. The Labute approximate surface area is 177 Å². The van der Waals surface area contributed by atoms with Crippen LogP contribution in [0.25, 0.3) is 5.57 Å². The lowest BCUT2D eigenvalue weighted by molar-refractivity contribution is -0.122. The third-order valence-electron chi connectivity index (χ3n) is 6.05. The van der Waals surface area contributed by atoms with Crippen LogP contribution >= 0.6 is 0 Å². The molecule has 1 fully saturated rings. The fourth-order valence-electron chi connectivity index (χ4n) is 4.33. The normalized spacial score (nSPS) is 23.7. The number of nitrogens with one attached hydrogen (secondary N) is 1. The van der Waals surface area contributed by atoms with Crippen molar-refractivity contribution >= 4 is 11.5 Å². The lowest BCUT2D eigenvalue weighted by Gasteiger charge is -2.34. The topological polar surface area (TPSA) is 54.0 Å². The van der Waals surface area contributed by atoms with Gasteiger partial charge in [0.25, 0.3) is 5.91 Å². The number of carbonyl (C=O) groups excluding carboxylic acids is 1. The van der Waals surface area contributed by atoms with Gasteiger partial charge >= 0.3 is 0 Å². The minimum atomic E-state index is -0.0188. The Bertz CT molecular complexity index is 970. The second kappa shape index (κ2) is 8.03. The van der Waals surface area contributed by atoms with Gasteiger partial charge in [0.2, 0.25) is 0 Å². The number of benzene rings is 1. The molecule has 0 aliphatic carbocycles. The molecule has 1 aromatic carbocycles. The lowest BCUT2D eigenvalue weighted by Crippen LogP contribution is -2.43. The number of carbonyl (C=O) groups is 1. The van der Waals surface area contributed by atoms with Crippen molar-refractivity contribution in [1.82, 2.24) is 15.1 Å². The van der Waals surface area contributed by atoms with Crippen molar-refractivity contribution < 1.29 is 14.3 Å². The van der Waals surface area contributed by atoms with Crippen LogP contribution in [0.3, 0.4) is 0 Å². The summed E-state index contributed by atoms with van der Waals surface area (Å²) in [6.45, 7) is 7.12. The minimum Gasteiger partial charge on any atom is -0.486 e. The first kappa shape index (κ1) is 19.0. The molecule has 0 bridgehead atoms. The van der Waals surface area contributed by atoms with E-state index in [1.807, 2.05) is 24.4 Å². The van der Waals surface area contributed by atoms with Gasteiger partial charge in [-0.15, -0.1) is 0 Å². The van der Waals surface area contributed by atoms with Crippen molar-refractivity contribution in [3.05, 3.63) is 65.7 Å². The van der Waals surface area contributed by atoms with Crippen LogP contribution in [0.2, 0.25) is 0 Å². The predicted molar refractivity (Wildman–Crippen MR) is 116 cm³/mol. The molecule has 5 rings (SSSR count). The number of fused-ring (bicyclic) bond motifs is 2. The molecule has 4 aliphatic rings. The quantitative estimate of drug-likeness (QED) is 0.820. The Balaban J connectivity index is 1.46. The second-order valence-corrected chi connectivity index (χ2v) is 8.06. The average Bonchev–Trinajstić information content (AvgIpc) is 2.80. The Morgan fingerprint density at radius 3 is 2.63 bits per heavy atom. The number of allylic oxidation sites excluding steroid dienone is 4. The Hall–Kier alpha value is -2.99. The maximum absolute atomic E-state index is 13.3. The monoisotopic (exact) mass is 405 g/mol.